The summed E-state index contributed by atoms with van der Waals surface area (Å²) in [7, 11) is 1.59. The second-order valence-electron chi connectivity index (χ2n) is 6.39. The van der Waals surface area contributed by atoms with E-state index in [9.17, 15) is 4.79 Å². The number of amides is 1. The topological polar surface area (TPSA) is 45.7 Å². The van der Waals surface area contributed by atoms with E-state index in [0.717, 1.165) is 24.3 Å². The van der Waals surface area contributed by atoms with Gasteiger partial charge in [-0.2, -0.15) is 0 Å². The molecule has 0 bridgehead atoms. The third-order valence-electron chi connectivity index (χ3n) is 4.78. The molecule has 1 amide bonds. The lowest BCUT2D eigenvalue weighted by molar-refractivity contribution is 0.0984. The van der Waals surface area contributed by atoms with Crippen molar-refractivity contribution in [3.05, 3.63) is 52.0 Å². The molecule has 1 heterocycles. The van der Waals surface area contributed by atoms with Crippen LogP contribution in [0, 0.1) is 0 Å². The van der Waals surface area contributed by atoms with Gasteiger partial charge in [0, 0.05) is 13.1 Å². The molecule has 0 saturated carbocycles. The van der Waals surface area contributed by atoms with Gasteiger partial charge in [-0.25, -0.2) is 4.98 Å². The number of hydrogen-bond donors (Lipinski definition) is 0. The molecule has 30 heavy (non-hydrogen) atoms. The first-order valence-electron chi connectivity index (χ1n) is 9.41. The summed E-state index contributed by atoms with van der Waals surface area (Å²) >= 11 is 14.1. The van der Waals surface area contributed by atoms with Gasteiger partial charge < -0.3 is 9.64 Å². The average molecular weight is 489 g/mol. The maximum atomic E-state index is 13.4. The SMILES string of the molecule is CCN(CC)CCN(C(=O)c1ccccc1Cl)c1nc2c(OC)ccc(Cl)c2s1.Cl. The van der Waals surface area contributed by atoms with E-state index in [4.69, 9.17) is 32.9 Å². The van der Waals surface area contributed by atoms with Crippen molar-refractivity contribution in [2.45, 2.75) is 13.8 Å². The zero-order valence-corrected chi connectivity index (χ0v) is 20.2. The van der Waals surface area contributed by atoms with Gasteiger partial charge in [0.25, 0.3) is 5.91 Å². The largest absolute Gasteiger partial charge is 0.494 e. The third-order valence-corrected chi connectivity index (χ3v) is 6.65. The zero-order chi connectivity index (χ0) is 21.0. The number of carbonyl (C=O) groups excluding carboxylic acids is 1. The molecule has 0 saturated heterocycles. The quantitative estimate of drug-likeness (QED) is 0.389. The van der Waals surface area contributed by atoms with E-state index in [-0.39, 0.29) is 18.3 Å². The summed E-state index contributed by atoms with van der Waals surface area (Å²) < 4.78 is 6.22. The van der Waals surface area contributed by atoms with Crippen molar-refractivity contribution in [1.29, 1.82) is 0 Å². The molecule has 0 radical (unpaired) electrons. The molecule has 0 aliphatic rings. The Balaban J connectivity index is 0.00000320. The fraction of sp³-hybridized carbons (Fsp3) is 0.333. The molecule has 0 aliphatic heterocycles. The summed E-state index contributed by atoms with van der Waals surface area (Å²) in [4.78, 5) is 22.0. The van der Waals surface area contributed by atoms with Gasteiger partial charge in [0.1, 0.15) is 11.3 Å². The van der Waals surface area contributed by atoms with Crippen molar-refractivity contribution in [2.75, 3.05) is 38.2 Å². The summed E-state index contributed by atoms with van der Waals surface area (Å²) in [5, 5.41) is 1.57. The Morgan fingerprint density at radius 3 is 2.40 bits per heavy atom. The minimum atomic E-state index is -0.183. The Hall–Kier alpha value is -1.57. The number of carbonyl (C=O) groups is 1. The second kappa shape index (κ2) is 11.2. The number of rotatable bonds is 8. The molecule has 1 aromatic heterocycles. The summed E-state index contributed by atoms with van der Waals surface area (Å²) in [6.45, 7) is 7.24. The van der Waals surface area contributed by atoms with Crippen LogP contribution in [0.1, 0.15) is 24.2 Å². The molecule has 0 spiro atoms. The lowest BCUT2D eigenvalue weighted by Gasteiger charge is -2.25. The van der Waals surface area contributed by atoms with Crippen LogP contribution in [-0.2, 0) is 0 Å². The summed E-state index contributed by atoms with van der Waals surface area (Å²) in [5.41, 5.74) is 1.10. The number of hydrogen-bond acceptors (Lipinski definition) is 5. The normalized spacial score (nSPS) is 10.9. The highest BCUT2D eigenvalue weighted by Gasteiger charge is 2.24. The van der Waals surface area contributed by atoms with Crippen molar-refractivity contribution in [2.24, 2.45) is 0 Å². The first-order valence-corrected chi connectivity index (χ1v) is 11.0. The zero-order valence-electron chi connectivity index (χ0n) is 17.0. The summed E-state index contributed by atoms with van der Waals surface area (Å²) in [6.07, 6.45) is 0. The third kappa shape index (κ3) is 5.18. The average Bonchev–Trinajstić information content (AvgIpc) is 3.17. The van der Waals surface area contributed by atoms with E-state index in [1.807, 2.05) is 6.07 Å². The van der Waals surface area contributed by atoms with Crippen LogP contribution in [-0.4, -0.2) is 49.1 Å². The van der Waals surface area contributed by atoms with Gasteiger partial charge in [0.2, 0.25) is 0 Å². The minimum Gasteiger partial charge on any atom is -0.494 e. The van der Waals surface area contributed by atoms with Gasteiger partial charge in [-0.15, -0.1) is 12.4 Å². The first-order chi connectivity index (χ1) is 14.0. The van der Waals surface area contributed by atoms with Crippen LogP contribution in [0.25, 0.3) is 10.2 Å². The van der Waals surface area contributed by atoms with Crippen molar-refractivity contribution in [3.63, 3.8) is 0 Å². The van der Waals surface area contributed by atoms with Crippen LogP contribution < -0.4 is 9.64 Å². The molecule has 9 heteroatoms. The number of benzene rings is 2. The number of thiazole rings is 1. The number of fused-ring (bicyclic) bond motifs is 1. The lowest BCUT2D eigenvalue weighted by atomic mass is 10.2. The van der Waals surface area contributed by atoms with Gasteiger partial charge in [-0.3, -0.25) is 9.69 Å². The van der Waals surface area contributed by atoms with E-state index in [0.29, 0.717) is 38.6 Å². The van der Waals surface area contributed by atoms with Crippen molar-refractivity contribution >= 4 is 68.2 Å². The highest BCUT2D eigenvalue weighted by atomic mass is 35.5. The van der Waals surface area contributed by atoms with Crippen molar-refractivity contribution in [3.8, 4) is 5.75 Å². The van der Waals surface area contributed by atoms with Crippen LogP contribution in [0.15, 0.2) is 36.4 Å². The molecular weight excluding hydrogens is 465 g/mol. The fourth-order valence-corrected chi connectivity index (χ4v) is 4.56. The number of likely N-dealkylation sites (N-methyl/N-ethyl adjacent to an activating group) is 1. The summed E-state index contributed by atoms with van der Waals surface area (Å²) in [6, 6.07) is 10.6. The molecule has 0 unspecified atom stereocenters. The molecule has 3 rings (SSSR count). The second-order valence-corrected chi connectivity index (χ2v) is 8.18. The van der Waals surface area contributed by atoms with Crippen molar-refractivity contribution < 1.29 is 9.53 Å². The maximum Gasteiger partial charge on any atom is 0.261 e. The number of nitrogens with zero attached hydrogens (tertiary/aromatic N) is 3. The lowest BCUT2D eigenvalue weighted by Crippen LogP contribution is -2.39. The Kier molecular flexibility index (Phi) is 9.19. The van der Waals surface area contributed by atoms with E-state index in [2.05, 4.69) is 18.7 Å². The van der Waals surface area contributed by atoms with Crippen LogP contribution in [0.5, 0.6) is 5.75 Å². The van der Waals surface area contributed by atoms with E-state index < -0.39 is 0 Å². The van der Waals surface area contributed by atoms with Gasteiger partial charge in [-0.1, -0.05) is 60.5 Å². The van der Waals surface area contributed by atoms with Crippen LogP contribution >= 0.6 is 46.9 Å². The number of methoxy groups -OCH3 is 1. The highest BCUT2D eigenvalue weighted by molar-refractivity contribution is 7.23. The Bertz CT molecular complexity index is 1010. The number of aromatic nitrogens is 1. The Morgan fingerprint density at radius 2 is 1.77 bits per heavy atom. The molecule has 0 N–H and O–H groups in total. The first kappa shape index (κ1) is 24.7. The Labute approximate surface area is 197 Å². The highest BCUT2D eigenvalue weighted by Crippen LogP contribution is 2.39. The maximum absolute atomic E-state index is 13.4. The predicted octanol–water partition coefficient (Wildman–Crippen LogP) is 6.02. The molecule has 2 aromatic carbocycles. The predicted molar refractivity (Wildman–Crippen MR) is 129 cm³/mol. The van der Waals surface area contributed by atoms with Gasteiger partial charge in [-0.05, 0) is 37.4 Å². The van der Waals surface area contributed by atoms with Gasteiger partial charge in [0.15, 0.2) is 5.13 Å². The van der Waals surface area contributed by atoms with Crippen LogP contribution in [0.2, 0.25) is 10.0 Å². The standard InChI is InChI=1S/C21H23Cl2N3O2S.ClH/c1-4-25(5-2)12-13-26(20(27)14-8-6-7-9-15(14)22)21-24-18-17(28-3)11-10-16(23)19(18)29-21;/h6-11H,4-5,12-13H2,1-3H3;1H. The van der Waals surface area contributed by atoms with Gasteiger partial charge in [0.05, 0.1) is 27.4 Å². The Morgan fingerprint density at radius 1 is 1.07 bits per heavy atom. The minimum absolute atomic E-state index is 0. The molecule has 3 aromatic rings. The smallest absolute Gasteiger partial charge is 0.261 e. The monoisotopic (exact) mass is 487 g/mol. The van der Waals surface area contributed by atoms with Crippen LogP contribution in [0.4, 0.5) is 5.13 Å². The number of anilines is 1. The van der Waals surface area contributed by atoms with Crippen LogP contribution in [0.3, 0.4) is 0 Å². The van der Waals surface area contributed by atoms with E-state index >= 15 is 0 Å². The van der Waals surface area contributed by atoms with Gasteiger partial charge >= 0.3 is 0 Å². The fourth-order valence-electron chi connectivity index (χ4n) is 3.07. The molecule has 162 valence electrons. The summed E-state index contributed by atoms with van der Waals surface area (Å²) in [5.74, 6) is 0.442. The molecular formula is C21H24Cl3N3O2S. The molecule has 0 aliphatic carbocycles. The van der Waals surface area contributed by atoms with E-state index in [1.54, 1.807) is 42.3 Å². The van der Waals surface area contributed by atoms with Crippen molar-refractivity contribution in [1.82, 2.24) is 9.88 Å². The number of halogens is 3. The molecule has 0 fully saturated rings. The molecule has 5 nitrogen and oxygen atoms in total. The molecule has 0 atom stereocenters. The van der Waals surface area contributed by atoms with E-state index in [1.165, 1.54) is 11.3 Å². The number of ether oxygens (including phenoxy) is 1.